The molecule has 1 aromatic carbocycles. The minimum Gasteiger partial charge on any atom is -0.353 e. The zero-order valence-corrected chi connectivity index (χ0v) is 15.5. The SMILES string of the molecule is CC(C)(C)CN1CCNC(=O)C1CC(=O)NC1Cc2ccccc2C1. The van der Waals surface area contributed by atoms with Crippen molar-refractivity contribution >= 4 is 11.8 Å². The Labute approximate surface area is 150 Å². The monoisotopic (exact) mass is 343 g/mol. The molecule has 2 aliphatic rings. The molecule has 3 rings (SSSR count). The van der Waals surface area contributed by atoms with Crippen molar-refractivity contribution in [3.8, 4) is 0 Å². The lowest BCUT2D eigenvalue weighted by molar-refractivity contribution is -0.134. The van der Waals surface area contributed by atoms with Crippen molar-refractivity contribution in [2.45, 2.75) is 52.1 Å². The van der Waals surface area contributed by atoms with Crippen molar-refractivity contribution in [3.05, 3.63) is 35.4 Å². The van der Waals surface area contributed by atoms with E-state index in [-0.39, 0.29) is 35.7 Å². The topological polar surface area (TPSA) is 61.4 Å². The fraction of sp³-hybridized carbons (Fsp3) is 0.600. The van der Waals surface area contributed by atoms with E-state index >= 15 is 0 Å². The van der Waals surface area contributed by atoms with E-state index < -0.39 is 0 Å². The summed E-state index contributed by atoms with van der Waals surface area (Å²) < 4.78 is 0. The van der Waals surface area contributed by atoms with E-state index in [1.54, 1.807) is 0 Å². The van der Waals surface area contributed by atoms with Crippen LogP contribution >= 0.6 is 0 Å². The number of nitrogens with zero attached hydrogens (tertiary/aromatic N) is 1. The Bertz CT molecular complexity index is 626. The number of hydrogen-bond donors (Lipinski definition) is 2. The number of carbonyl (C=O) groups is 2. The minimum absolute atomic E-state index is 0.0274. The third-order valence-corrected chi connectivity index (χ3v) is 4.91. The van der Waals surface area contributed by atoms with Gasteiger partial charge in [-0.3, -0.25) is 14.5 Å². The molecule has 0 radical (unpaired) electrons. The number of amides is 2. The van der Waals surface area contributed by atoms with Gasteiger partial charge in [-0.05, 0) is 29.4 Å². The first-order valence-corrected chi connectivity index (χ1v) is 9.20. The lowest BCUT2D eigenvalue weighted by Crippen LogP contribution is -2.58. The van der Waals surface area contributed by atoms with Crippen LogP contribution < -0.4 is 10.6 Å². The molecule has 1 unspecified atom stereocenters. The van der Waals surface area contributed by atoms with Crippen molar-refractivity contribution in [2.24, 2.45) is 5.41 Å². The molecule has 2 N–H and O–H groups in total. The van der Waals surface area contributed by atoms with Crippen molar-refractivity contribution in [1.82, 2.24) is 15.5 Å². The highest BCUT2D eigenvalue weighted by atomic mass is 16.2. The highest BCUT2D eigenvalue weighted by molar-refractivity contribution is 5.89. The molecule has 1 aliphatic carbocycles. The Balaban J connectivity index is 1.58. The Hall–Kier alpha value is -1.88. The maximum Gasteiger partial charge on any atom is 0.237 e. The van der Waals surface area contributed by atoms with Gasteiger partial charge in [0.1, 0.15) is 0 Å². The van der Waals surface area contributed by atoms with Crippen LogP contribution in [0.1, 0.15) is 38.3 Å². The summed E-state index contributed by atoms with van der Waals surface area (Å²) in [5.41, 5.74) is 2.73. The van der Waals surface area contributed by atoms with Crippen LogP contribution in [-0.4, -0.2) is 48.4 Å². The summed E-state index contributed by atoms with van der Waals surface area (Å²) in [4.78, 5) is 27.0. The Kier molecular flexibility index (Phi) is 5.13. The van der Waals surface area contributed by atoms with E-state index in [4.69, 9.17) is 0 Å². The van der Waals surface area contributed by atoms with Gasteiger partial charge in [0, 0.05) is 25.7 Å². The zero-order valence-electron chi connectivity index (χ0n) is 15.5. The summed E-state index contributed by atoms with van der Waals surface area (Å²) >= 11 is 0. The second kappa shape index (κ2) is 7.16. The van der Waals surface area contributed by atoms with Crippen LogP contribution in [0.15, 0.2) is 24.3 Å². The number of piperazine rings is 1. The van der Waals surface area contributed by atoms with Crippen LogP contribution in [0.5, 0.6) is 0 Å². The van der Waals surface area contributed by atoms with E-state index in [2.05, 4.69) is 48.4 Å². The molecule has 5 nitrogen and oxygen atoms in total. The Morgan fingerprint density at radius 1 is 1.24 bits per heavy atom. The molecule has 0 saturated carbocycles. The molecule has 2 amide bonds. The Morgan fingerprint density at radius 3 is 2.48 bits per heavy atom. The smallest absolute Gasteiger partial charge is 0.237 e. The van der Waals surface area contributed by atoms with Gasteiger partial charge in [-0.1, -0.05) is 45.0 Å². The van der Waals surface area contributed by atoms with Gasteiger partial charge in [-0.15, -0.1) is 0 Å². The molecule has 25 heavy (non-hydrogen) atoms. The third-order valence-electron chi connectivity index (χ3n) is 4.91. The van der Waals surface area contributed by atoms with Crippen molar-refractivity contribution in [3.63, 3.8) is 0 Å². The van der Waals surface area contributed by atoms with Crippen LogP contribution in [0, 0.1) is 5.41 Å². The zero-order chi connectivity index (χ0) is 18.0. The second-order valence-electron chi connectivity index (χ2n) is 8.48. The molecule has 1 saturated heterocycles. The van der Waals surface area contributed by atoms with Crippen molar-refractivity contribution in [2.75, 3.05) is 19.6 Å². The molecule has 1 aliphatic heterocycles. The summed E-state index contributed by atoms with van der Waals surface area (Å²) in [6.45, 7) is 8.75. The average Bonchev–Trinajstić information content (AvgIpc) is 2.91. The van der Waals surface area contributed by atoms with Gasteiger partial charge in [0.25, 0.3) is 0 Å². The van der Waals surface area contributed by atoms with Gasteiger partial charge in [-0.2, -0.15) is 0 Å². The summed E-state index contributed by atoms with van der Waals surface area (Å²) in [5.74, 6) is -0.0564. The van der Waals surface area contributed by atoms with Gasteiger partial charge >= 0.3 is 0 Å². The van der Waals surface area contributed by atoms with Crippen LogP contribution in [0.25, 0.3) is 0 Å². The fourth-order valence-corrected chi connectivity index (χ4v) is 3.91. The van der Waals surface area contributed by atoms with E-state index in [1.165, 1.54) is 11.1 Å². The summed E-state index contributed by atoms with van der Waals surface area (Å²) in [6.07, 6.45) is 1.99. The van der Waals surface area contributed by atoms with E-state index in [0.717, 1.165) is 25.9 Å². The summed E-state index contributed by atoms with van der Waals surface area (Å²) in [5, 5.41) is 6.03. The minimum atomic E-state index is -0.364. The number of benzene rings is 1. The highest BCUT2D eigenvalue weighted by Crippen LogP contribution is 2.23. The van der Waals surface area contributed by atoms with E-state index in [0.29, 0.717) is 6.54 Å². The molecule has 0 spiro atoms. The standard InChI is InChI=1S/C20H29N3O2/c1-20(2,3)13-23-9-8-21-19(25)17(23)12-18(24)22-16-10-14-6-4-5-7-15(14)11-16/h4-7,16-17H,8-13H2,1-3H3,(H,21,25)(H,22,24). The van der Waals surface area contributed by atoms with Crippen LogP contribution in [-0.2, 0) is 22.4 Å². The number of rotatable bonds is 4. The maximum absolute atomic E-state index is 12.6. The number of carbonyl (C=O) groups excluding carboxylic acids is 2. The molecule has 1 atom stereocenters. The predicted molar refractivity (Wildman–Crippen MR) is 98.2 cm³/mol. The molecule has 1 heterocycles. The lowest BCUT2D eigenvalue weighted by atomic mass is 9.94. The molecule has 5 heteroatoms. The van der Waals surface area contributed by atoms with Gasteiger partial charge in [0.05, 0.1) is 12.5 Å². The molecule has 1 fully saturated rings. The van der Waals surface area contributed by atoms with Crippen LogP contribution in [0.4, 0.5) is 0 Å². The largest absolute Gasteiger partial charge is 0.353 e. The second-order valence-corrected chi connectivity index (χ2v) is 8.48. The first-order chi connectivity index (χ1) is 11.8. The summed E-state index contributed by atoms with van der Waals surface area (Å²) in [7, 11) is 0. The van der Waals surface area contributed by atoms with Crippen LogP contribution in [0.2, 0.25) is 0 Å². The summed E-state index contributed by atoms with van der Waals surface area (Å²) in [6, 6.07) is 8.12. The molecule has 1 aromatic rings. The first-order valence-electron chi connectivity index (χ1n) is 9.20. The third kappa shape index (κ3) is 4.60. The number of hydrogen-bond acceptors (Lipinski definition) is 3. The Morgan fingerprint density at radius 2 is 1.88 bits per heavy atom. The molecule has 0 aromatic heterocycles. The molecular weight excluding hydrogens is 314 g/mol. The highest BCUT2D eigenvalue weighted by Gasteiger charge is 2.34. The van der Waals surface area contributed by atoms with Gasteiger partial charge in [-0.25, -0.2) is 0 Å². The van der Waals surface area contributed by atoms with Crippen molar-refractivity contribution < 1.29 is 9.59 Å². The fourth-order valence-electron chi connectivity index (χ4n) is 3.91. The van der Waals surface area contributed by atoms with E-state index in [1.807, 2.05) is 12.1 Å². The lowest BCUT2D eigenvalue weighted by Gasteiger charge is -2.38. The average molecular weight is 343 g/mol. The van der Waals surface area contributed by atoms with Gasteiger partial charge in [0.2, 0.25) is 11.8 Å². The number of nitrogens with one attached hydrogen (secondary N) is 2. The quantitative estimate of drug-likeness (QED) is 0.871. The van der Waals surface area contributed by atoms with Gasteiger partial charge < -0.3 is 10.6 Å². The molecule has 0 bridgehead atoms. The molecule has 136 valence electrons. The van der Waals surface area contributed by atoms with Crippen molar-refractivity contribution in [1.29, 1.82) is 0 Å². The normalized spacial score (nSPS) is 21.7. The van der Waals surface area contributed by atoms with Crippen LogP contribution in [0.3, 0.4) is 0 Å². The van der Waals surface area contributed by atoms with E-state index in [9.17, 15) is 9.59 Å². The molecular formula is C20H29N3O2. The van der Waals surface area contributed by atoms with Gasteiger partial charge in [0.15, 0.2) is 0 Å². The number of fused-ring (bicyclic) bond motifs is 1. The maximum atomic E-state index is 12.6. The first kappa shape index (κ1) is 17.9. The predicted octanol–water partition coefficient (Wildman–Crippen LogP) is 1.51.